The maximum atomic E-state index is 14.5. The minimum atomic E-state index is -0.966. The fourth-order valence-electron chi connectivity index (χ4n) is 4.08. The van der Waals surface area contributed by atoms with Crippen molar-refractivity contribution in [2.24, 2.45) is 11.8 Å². The second-order valence-corrected chi connectivity index (χ2v) is 8.18. The molecule has 0 unspecified atom stereocenters. The maximum Gasteiger partial charge on any atom is 0.201 e. The number of hydrogen-bond acceptors (Lipinski definition) is 3. The summed E-state index contributed by atoms with van der Waals surface area (Å²) < 4.78 is 34.1. The third-order valence-corrected chi connectivity index (χ3v) is 6.15. The van der Waals surface area contributed by atoms with Gasteiger partial charge in [-0.2, -0.15) is 14.6 Å². The first-order chi connectivity index (χ1) is 14.1. The van der Waals surface area contributed by atoms with Crippen molar-refractivity contribution in [2.45, 2.75) is 71.6 Å². The van der Waals surface area contributed by atoms with Crippen LogP contribution in [0.1, 0.15) is 70.9 Å². The summed E-state index contributed by atoms with van der Waals surface area (Å²) in [5, 5.41) is 8.40. The summed E-state index contributed by atoms with van der Waals surface area (Å²) in [5.74, 6) is -0.280. The van der Waals surface area contributed by atoms with Crippen LogP contribution in [0.15, 0.2) is 24.3 Å². The summed E-state index contributed by atoms with van der Waals surface area (Å²) in [6.07, 6.45) is 10.3. The fourth-order valence-corrected chi connectivity index (χ4v) is 4.08. The van der Waals surface area contributed by atoms with Gasteiger partial charge in [0.2, 0.25) is 5.82 Å². The lowest BCUT2D eigenvalue weighted by Crippen LogP contribution is -2.14. The van der Waals surface area contributed by atoms with Gasteiger partial charge in [-0.3, -0.25) is 0 Å². The van der Waals surface area contributed by atoms with E-state index >= 15 is 0 Å². The molecule has 0 aliphatic heterocycles. The van der Waals surface area contributed by atoms with Gasteiger partial charge in [-0.25, -0.2) is 4.39 Å². The first kappa shape index (κ1) is 21.7. The fraction of sp³-hybridized carbons (Fsp3) is 0.583. The maximum absolute atomic E-state index is 14.5. The molecule has 3 nitrogen and oxygen atoms in total. The third-order valence-electron chi connectivity index (χ3n) is 6.15. The number of aromatic nitrogens is 2. The normalized spacial score (nSPS) is 19.3. The molecule has 3 rings (SSSR count). The number of halogens is 2. The Morgan fingerprint density at radius 3 is 2.34 bits per heavy atom. The molecule has 2 aromatic rings. The summed E-state index contributed by atoms with van der Waals surface area (Å²) in [7, 11) is 0. The second-order valence-electron chi connectivity index (χ2n) is 8.18. The number of aryl methyl sites for hydroxylation is 1. The van der Waals surface area contributed by atoms with E-state index in [-0.39, 0.29) is 11.3 Å². The van der Waals surface area contributed by atoms with E-state index in [4.69, 9.17) is 4.74 Å². The molecule has 0 amide bonds. The number of benzene rings is 1. The van der Waals surface area contributed by atoms with Gasteiger partial charge < -0.3 is 4.74 Å². The molecule has 0 spiro atoms. The van der Waals surface area contributed by atoms with Crippen molar-refractivity contribution in [3.8, 4) is 17.0 Å². The number of rotatable bonds is 9. The summed E-state index contributed by atoms with van der Waals surface area (Å²) in [4.78, 5) is 0. The van der Waals surface area contributed by atoms with E-state index in [0.717, 1.165) is 43.2 Å². The zero-order valence-corrected chi connectivity index (χ0v) is 17.6. The van der Waals surface area contributed by atoms with E-state index in [1.54, 1.807) is 6.07 Å². The number of ether oxygens (including phenoxy) is 1. The van der Waals surface area contributed by atoms with E-state index in [1.165, 1.54) is 44.2 Å². The largest absolute Gasteiger partial charge is 0.490 e. The predicted octanol–water partition coefficient (Wildman–Crippen LogP) is 6.75. The van der Waals surface area contributed by atoms with E-state index in [0.29, 0.717) is 12.3 Å². The van der Waals surface area contributed by atoms with Gasteiger partial charge in [-0.15, -0.1) is 0 Å². The molecule has 5 heteroatoms. The molecule has 0 bridgehead atoms. The van der Waals surface area contributed by atoms with Gasteiger partial charge >= 0.3 is 0 Å². The molecule has 1 aromatic heterocycles. The molecule has 0 atom stereocenters. The van der Waals surface area contributed by atoms with Crippen LogP contribution in [0.4, 0.5) is 8.78 Å². The van der Waals surface area contributed by atoms with E-state index < -0.39 is 11.6 Å². The van der Waals surface area contributed by atoms with Gasteiger partial charge in [0.1, 0.15) is 0 Å². The van der Waals surface area contributed by atoms with E-state index in [9.17, 15) is 8.78 Å². The lowest BCUT2D eigenvalue weighted by Gasteiger charge is -2.27. The monoisotopic (exact) mass is 402 g/mol. The van der Waals surface area contributed by atoms with Crippen molar-refractivity contribution < 1.29 is 13.5 Å². The second kappa shape index (κ2) is 10.7. The zero-order chi connectivity index (χ0) is 20.6. The Bertz CT molecular complexity index is 771. The molecule has 1 fully saturated rings. The summed E-state index contributed by atoms with van der Waals surface area (Å²) in [5.41, 5.74) is 1.36. The van der Waals surface area contributed by atoms with Crippen molar-refractivity contribution in [3.63, 3.8) is 0 Å². The van der Waals surface area contributed by atoms with Crippen LogP contribution in [-0.2, 0) is 6.42 Å². The van der Waals surface area contributed by atoms with Crippen molar-refractivity contribution in [1.82, 2.24) is 10.2 Å². The van der Waals surface area contributed by atoms with Crippen LogP contribution in [0.25, 0.3) is 11.3 Å². The SMILES string of the molecule is CCCCOc1ccc(-c2ccc(CCC3CCC(CC)CC3)nn2)c(F)c1F. The minimum absolute atomic E-state index is 0.0536. The molecule has 158 valence electrons. The lowest BCUT2D eigenvalue weighted by atomic mass is 9.79. The Labute approximate surface area is 172 Å². The summed E-state index contributed by atoms with van der Waals surface area (Å²) >= 11 is 0. The standard InChI is InChI=1S/C24H32F2N2O/c1-3-5-16-29-22-15-13-20(23(25)24(22)26)21-14-12-19(27-28-21)11-10-18-8-6-17(4-2)7-9-18/h12-15,17-18H,3-11,16H2,1-2H3. The Balaban J connectivity index is 1.59. The number of hydrogen-bond donors (Lipinski definition) is 0. The molecule has 0 saturated heterocycles. The van der Waals surface area contributed by atoms with Crippen LogP contribution in [0.5, 0.6) is 5.75 Å². The minimum Gasteiger partial charge on any atom is -0.490 e. The van der Waals surface area contributed by atoms with Crippen LogP contribution in [0, 0.1) is 23.5 Å². The Morgan fingerprint density at radius 1 is 0.931 bits per heavy atom. The van der Waals surface area contributed by atoms with Crippen molar-refractivity contribution in [3.05, 3.63) is 41.6 Å². The van der Waals surface area contributed by atoms with Crippen LogP contribution >= 0.6 is 0 Å². The quantitative estimate of drug-likeness (QED) is 0.435. The van der Waals surface area contributed by atoms with Crippen LogP contribution in [0.2, 0.25) is 0 Å². The lowest BCUT2D eigenvalue weighted by molar-refractivity contribution is 0.258. The molecule has 1 saturated carbocycles. The zero-order valence-electron chi connectivity index (χ0n) is 17.6. The molecule has 1 aliphatic rings. The molecule has 1 heterocycles. The smallest absolute Gasteiger partial charge is 0.201 e. The van der Waals surface area contributed by atoms with Crippen LogP contribution < -0.4 is 4.74 Å². The highest BCUT2D eigenvalue weighted by Gasteiger charge is 2.20. The van der Waals surface area contributed by atoms with Crippen molar-refractivity contribution in [1.29, 1.82) is 0 Å². The average Bonchev–Trinajstić information content (AvgIpc) is 2.76. The summed E-state index contributed by atoms with van der Waals surface area (Å²) in [6, 6.07) is 6.58. The number of unbranched alkanes of at least 4 members (excludes halogenated alkanes) is 1. The van der Waals surface area contributed by atoms with E-state index in [1.807, 2.05) is 13.0 Å². The molecular formula is C24H32F2N2O. The topological polar surface area (TPSA) is 35.0 Å². The summed E-state index contributed by atoms with van der Waals surface area (Å²) in [6.45, 7) is 4.67. The van der Waals surface area contributed by atoms with Gasteiger partial charge in [-0.1, -0.05) is 52.4 Å². The highest BCUT2D eigenvalue weighted by Crippen LogP contribution is 2.33. The highest BCUT2D eigenvalue weighted by atomic mass is 19.2. The van der Waals surface area contributed by atoms with Gasteiger partial charge in [0.05, 0.1) is 18.0 Å². The van der Waals surface area contributed by atoms with Gasteiger partial charge in [-0.05, 0) is 55.4 Å². The Kier molecular flexibility index (Phi) is 7.96. The molecule has 0 N–H and O–H groups in total. The molecule has 29 heavy (non-hydrogen) atoms. The highest BCUT2D eigenvalue weighted by molar-refractivity contribution is 5.61. The third kappa shape index (κ3) is 5.74. The Hall–Kier alpha value is -2.04. The number of nitrogens with zero attached hydrogens (tertiary/aromatic N) is 2. The molecule has 1 aromatic carbocycles. The average molecular weight is 403 g/mol. The van der Waals surface area contributed by atoms with Crippen LogP contribution in [-0.4, -0.2) is 16.8 Å². The van der Waals surface area contributed by atoms with Gasteiger partial charge in [0.25, 0.3) is 0 Å². The predicted molar refractivity (Wildman–Crippen MR) is 112 cm³/mol. The molecule has 0 radical (unpaired) electrons. The van der Waals surface area contributed by atoms with Crippen molar-refractivity contribution >= 4 is 0 Å². The first-order valence-corrected chi connectivity index (χ1v) is 11.1. The first-order valence-electron chi connectivity index (χ1n) is 11.1. The Morgan fingerprint density at radius 2 is 1.69 bits per heavy atom. The van der Waals surface area contributed by atoms with Crippen LogP contribution in [0.3, 0.4) is 0 Å². The van der Waals surface area contributed by atoms with E-state index in [2.05, 4.69) is 17.1 Å². The molecular weight excluding hydrogens is 370 g/mol. The van der Waals surface area contributed by atoms with Gasteiger partial charge in [0, 0.05) is 5.56 Å². The van der Waals surface area contributed by atoms with Crippen molar-refractivity contribution in [2.75, 3.05) is 6.61 Å². The molecule has 1 aliphatic carbocycles. The van der Waals surface area contributed by atoms with Gasteiger partial charge in [0.15, 0.2) is 11.6 Å².